The third-order valence-electron chi connectivity index (χ3n) is 3.90. The lowest BCUT2D eigenvalue weighted by Crippen LogP contribution is -3.08. The third-order valence-corrected chi connectivity index (χ3v) is 4.91. The summed E-state index contributed by atoms with van der Waals surface area (Å²) in [5, 5.41) is 4.44. The van der Waals surface area contributed by atoms with E-state index >= 15 is 0 Å². The number of aromatic nitrogens is 1. The topological polar surface area (TPSA) is 59.6 Å². The van der Waals surface area contributed by atoms with Crippen LogP contribution >= 0.6 is 11.3 Å². The monoisotopic (exact) mass is 314 g/mol. The number of furan rings is 1. The van der Waals surface area contributed by atoms with Gasteiger partial charge in [0.2, 0.25) is 0 Å². The van der Waals surface area contributed by atoms with E-state index in [1.807, 2.05) is 24.3 Å². The minimum atomic E-state index is -0.247. The molecule has 0 saturated carbocycles. The van der Waals surface area contributed by atoms with E-state index in [1.165, 1.54) is 9.78 Å². The van der Waals surface area contributed by atoms with Crippen LogP contribution in [-0.4, -0.2) is 24.5 Å². The van der Waals surface area contributed by atoms with E-state index in [0.29, 0.717) is 10.9 Å². The van der Waals surface area contributed by atoms with Crippen LogP contribution in [-0.2, 0) is 13.0 Å². The van der Waals surface area contributed by atoms with Gasteiger partial charge in [-0.25, -0.2) is 4.98 Å². The van der Waals surface area contributed by atoms with Crippen LogP contribution in [0.25, 0.3) is 11.0 Å². The second-order valence-electron chi connectivity index (χ2n) is 5.63. The number of rotatable bonds is 2. The smallest absolute Gasteiger partial charge is 0.293 e. The maximum Gasteiger partial charge on any atom is 0.293 e. The molecule has 0 aliphatic carbocycles. The highest BCUT2D eigenvalue weighted by Gasteiger charge is 2.22. The van der Waals surface area contributed by atoms with Crippen molar-refractivity contribution in [3.63, 3.8) is 0 Å². The minimum absolute atomic E-state index is 0.247. The van der Waals surface area contributed by atoms with Gasteiger partial charge in [0.25, 0.3) is 5.91 Å². The van der Waals surface area contributed by atoms with Gasteiger partial charge in [-0.3, -0.25) is 10.1 Å². The molecule has 22 heavy (non-hydrogen) atoms. The fourth-order valence-electron chi connectivity index (χ4n) is 2.72. The summed E-state index contributed by atoms with van der Waals surface area (Å²) in [6.45, 7) is 2.07. The maximum absolute atomic E-state index is 12.3. The summed E-state index contributed by atoms with van der Waals surface area (Å²) in [4.78, 5) is 19.6. The molecule has 0 saturated heterocycles. The molecule has 1 aliphatic heterocycles. The second-order valence-corrected chi connectivity index (χ2v) is 6.71. The highest BCUT2D eigenvalue weighted by Crippen LogP contribution is 2.25. The molecule has 1 unspecified atom stereocenters. The largest absolute Gasteiger partial charge is 0.451 e. The molecule has 0 spiro atoms. The molecule has 0 radical (unpaired) electrons. The van der Waals surface area contributed by atoms with Crippen molar-refractivity contribution >= 4 is 33.3 Å². The number of likely N-dealkylation sites (N-methyl/N-ethyl adjacent to an activating group) is 1. The fraction of sp³-hybridized carbons (Fsp3) is 0.250. The molecule has 3 heterocycles. The molecule has 4 rings (SSSR count). The average Bonchev–Trinajstić information content (AvgIpc) is 3.09. The first-order chi connectivity index (χ1) is 10.7. The van der Waals surface area contributed by atoms with Crippen molar-refractivity contribution in [2.24, 2.45) is 0 Å². The lowest BCUT2D eigenvalue weighted by atomic mass is 10.2. The van der Waals surface area contributed by atoms with Crippen LogP contribution in [0.3, 0.4) is 0 Å². The zero-order chi connectivity index (χ0) is 15.1. The Morgan fingerprint density at radius 1 is 1.41 bits per heavy atom. The number of thiazole rings is 1. The van der Waals surface area contributed by atoms with E-state index in [4.69, 9.17) is 4.42 Å². The standard InChI is InChI=1S/C16H15N3O2S/c1-19-7-6-11-14(9-19)22-16(17-11)18-15(20)13-8-10-4-2-3-5-12(10)21-13/h2-5,8H,6-7,9H2,1H3,(H,17,18,20)/p+1. The molecule has 1 amide bonds. The van der Waals surface area contributed by atoms with Gasteiger partial charge in [-0.15, -0.1) is 0 Å². The number of amides is 1. The molecule has 0 bridgehead atoms. The number of nitrogens with zero attached hydrogens (tertiary/aromatic N) is 1. The van der Waals surface area contributed by atoms with Gasteiger partial charge in [0.05, 0.1) is 24.2 Å². The summed E-state index contributed by atoms with van der Waals surface area (Å²) < 4.78 is 5.58. The summed E-state index contributed by atoms with van der Waals surface area (Å²) in [6.07, 6.45) is 0.970. The van der Waals surface area contributed by atoms with Crippen molar-refractivity contribution in [3.8, 4) is 0 Å². The Bertz CT molecular complexity index is 819. The number of hydrogen-bond donors (Lipinski definition) is 2. The van der Waals surface area contributed by atoms with E-state index in [9.17, 15) is 4.79 Å². The quantitative estimate of drug-likeness (QED) is 0.757. The van der Waals surface area contributed by atoms with Gasteiger partial charge >= 0.3 is 0 Å². The summed E-state index contributed by atoms with van der Waals surface area (Å²) in [6, 6.07) is 9.35. The predicted molar refractivity (Wildman–Crippen MR) is 85.4 cm³/mol. The number of benzene rings is 1. The van der Waals surface area contributed by atoms with Crippen molar-refractivity contribution in [2.45, 2.75) is 13.0 Å². The predicted octanol–water partition coefficient (Wildman–Crippen LogP) is 1.71. The number of fused-ring (bicyclic) bond motifs is 2. The number of para-hydroxylation sites is 1. The molecule has 2 N–H and O–H groups in total. The molecular weight excluding hydrogens is 298 g/mol. The molecule has 2 aromatic heterocycles. The first-order valence-electron chi connectivity index (χ1n) is 7.29. The highest BCUT2D eigenvalue weighted by atomic mass is 32.1. The van der Waals surface area contributed by atoms with Crippen LogP contribution in [0.1, 0.15) is 21.1 Å². The third kappa shape index (κ3) is 2.40. The van der Waals surface area contributed by atoms with Crippen LogP contribution in [0.2, 0.25) is 0 Å². The number of carbonyl (C=O) groups excluding carboxylic acids is 1. The van der Waals surface area contributed by atoms with Gasteiger partial charge in [-0.05, 0) is 12.1 Å². The van der Waals surface area contributed by atoms with Crippen LogP contribution in [0.5, 0.6) is 0 Å². The van der Waals surface area contributed by atoms with Crippen molar-refractivity contribution < 1.29 is 14.1 Å². The van der Waals surface area contributed by atoms with Gasteiger partial charge < -0.3 is 9.32 Å². The fourth-order valence-corrected chi connectivity index (χ4v) is 3.83. The molecular formula is C16H16N3O2S+. The Balaban J connectivity index is 1.56. The molecule has 1 atom stereocenters. The Labute approximate surface area is 131 Å². The zero-order valence-corrected chi connectivity index (χ0v) is 13.0. The van der Waals surface area contributed by atoms with Crippen LogP contribution in [0.4, 0.5) is 5.13 Å². The van der Waals surface area contributed by atoms with Crippen molar-refractivity contribution in [2.75, 3.05) is 18.9 Å². The van der Waals surface area contributed by atoms with Crippen molar-refractivity contribution in [1.82, 2.24) is 4.98 Å². The molecule has 6 heteroatoms. The van der Waals surface area contributed by atoms with Crippen molar-refractivity contribution in [1.29, 1.82) is 0 Å². The first-order valence-corrected chi connectivity index (χ1v) is 8.10. The number of nitrogens with one attached hydrogen (secondary N) is 2. The van der Waals surface area contributed by atoms with E-state index in [-0.39, 0.29) is 5.91 Å². The van der Waals surface area contributed by atoms with E-state index in [2.05, 4.69) is 17.3 Å². The number of anilines is 1. The summed E-state index contributed by atoms with van der Waals surface area (Å²) in [5.74, 6) is 0.0695. The minimum Gasteiger partial charge on any atom is -0.451 e. The number of hydrogen-bond acceptors (Lipinski definition) is 4. The molecule has 0 fully saturated rings. The molecule has 1 aliphatic rings. The Morgan fingerprint density at radius 3 is 3.14 bits per heavy atom. The van der Waals surface area contributed by atoms with Crippen molar-refractivity contribution in [3.05, 3.63) is 46.7 Å². The Kier molecular flexibility index (Phi) is 3.20. The maximum atomic E-state index is 12.3. The second kappa shape index (κ2) is 5.23. The van der Waals surface area contributed by atoms with Crippen LogP contribution < -0.4 is 10.2 Å². The van der Waals surface area contributed by atoms with Gasteiger partial charge in [0.1, 0.15) is 12.1 Å². The summed E-state index contributed by atoms with van der Waals surface area (Å²) >= 11 is 1.56. The zero-order valence-electron chi connectivity index (χ0n) is 12.2. The van der Waals surface area contributed by atoms with E-state index in [0.717, 1.165) is 36.2 Å². The van der Waals surface area contributed by atoms with E-state index < -0.39 is 0 Å². The average molecular weight is 314 g/mol. The molecule has 3 aromatic rings. The summed E-state index contributed by atoms with van der Waals surface area (Å²) in [5.41, 5.74) is 1.84. The Morgan fingerprint density at radius 2 is 2.27 bits per heavy atom. The van der Waals surface area contributed by atoms with Crippen LogP contribution in [0.15, 0.2) is 34.7 Å². The SMILES string of the molecule is C[NH+]1CCc2nc(NC(=O)c3cc4ccccc4o3)sc2C1. The lowest BCUT2D eigenvalue weighted by Gasteiger charge is -2.17. The molecule has 5 nitrogen and oxygen atoms in total. The molecule has 112 valence electrons. The normalized spacial score (nSPS) is 17.4. The first kappa shape index (κ1) is 13.5. The van der Waals surface area contributed by atoms with Gasteiger partial charge in [0, 0.05) is 11.8 Å². The van der Waals surface area contributed by atoms with E-state index in [1.54, 1.807) is 17.4 Å². The lowest BCUT2D eigenvalue weighted by molar-refractivity contribution is -0.895. The van der Waals surface area contributed by atoms with Crippen LogP contribution in [0, 0.1) is 0 Å². The van der Waals surface area contributed by atoms with Gasteiger partial charge in [0.15, 0.2) is 10.9 Å². The number of carbonyl (C=O) groups is 1. The number of quaternary nitrogens is 1. The Hall–Kier alpha value is -2.18. The van der Waals surface area contributed by atoms with Gasteiger partial charge in [-0.2, -0.15) is 0 Å². The summed E-state index contributed by atoms with van der Waals surface area (Å²) in [7, 11) is 2.18. The highest BCUT2D eigenvalue weighted by molar-refractivity contribution is 7.15. The molecule has 1 aromatic carbocycles. The van der Waals surface area contributed by atoms with Gasteiger partial charge in [-0.1, -0.05) is 29.5 Å².